The van der Waals surface area contributed by atoms with Crippen molar-refractivity contribution in [3.8, 4) is 11.5 Å². The van der Waals surface area contributed by atoms with Gasteiger partial charge in [0.2, 0.25) is 6.54 Å². The molecule has 0 bridgehead atoms. The molecule has 1 aliphatic rings. The number of benzene rings is 1. The van der Waals surface area contributed by atoms with Gasteiger partial charge in [0.25, 0.3) is 0 Å². The molecule has 1 aromatic carbocycles. The summed E-state index contributed by atoms with van der Waals surface area (Å²) in [5.41, 5.74) is -0.879. The second kappa shape index (κ2) is 5.52. The largest absolute Gasteiger partial charge is 0.496 e. The van der Waals surface area contributed by atoms with E-state index in [1.807, 2.05) is 20.8 Å². The maximum Gasteiger partial charge on any atom is 0.212 e. The van der Waals surface area contributed by atoms with Crippen molar-refractivity contribution in [2.45, 2.75) is 45.6 Å². The first-order chi connectivity index (χ1) is 10.4. The van der Waals surface area contributed by atoms with Crippen LogP contribution in [-0.4, -0.2) is 29.6 Å². The van der Waals surface area contributed by atoms with E-state index in [2.05, 4.69) is 0 Å². The van der Waals surface area contributed by atoms with Crippen LogP contribution in [0, 0.1) is 15.5 Å². The molecule has 1 aliphatic heterocycles. The van der Waals surface area contributed by atoms with Crippen molar-refractivity contribution in [3.63, 3.8) is 0 Å². The molecule has 0 amide bonds. The first kappa shape index (κ1) is 17.8. The Labute approximate surface area is 136 Å². The lowest BCUT2D eigenvalue weighted by atomic mass is 9.94. The quantitative estimate of drug-likeness (QED) is 0.476. The predicted octanol–water partition coefficient (Wildman–Crippen LogP) is 3.50. The van der Waals surface area contributed by atoms with E-state index in [1.54, 1.807) is 32.0 Å². The van der Waals surface area contributed by atoms with Gasteiger partial charge in [-0.2, -0.15) is 0 Å². The Morgan fingerprint density at radius 2 is 1.91 bits per heavy atom. The monoisotopic (exact) mass is 341 g/mol. The Kier molecular flexibility index (Phi) is 4.27. The highest BCUT2D eigenvalue weighted by Crippen LogP contribution is 2.70. The number of nitrogens with zero attached hydrogens (tertiary/aromatic N) is 1. The molecule has 0 saturated carbocycles. The SMILES string of the molecule is COc1cccc2c1[P@](=O)(C(C)(C)C)C(C(C)(C)C[N+](=O)[O-])O2. The Morgan fingerprint density at radius 1 is 1.30 bits per heavy atom. The zero-order valence-electron chi connectivity index (χ0n) is 14.5. The molecule has 23 heavy (non-hydrogen) atoms. The Morgan fingerprint density at radius 3 is 2.39 bits per heavy atom. The van der Waals surface area contributed by atoms with Crippen molar-refractivity contribution in [2.75, 3.05) is 13.7 Å². The minimum absolute atomic E-state index is 0.311. The van der Waals surface area contributed by atoms with Crippen LogP contribution in [-0.2, 0) is 4.57 Å². The topological polar surface area (TPSA) is 78.7 Å². The third-order valence-electron chi connectivity index (χ3n) is 4.28. The van der Waals surface area contributed by atoms with Gasteiger partial charge in [0, 0.05) is 10.1 Å². The predicted molar refractivity (Wildman–Crippen MR) is 90.0 cm³/mol. The number of fused-ring (bicyclic) bond motifs is 1. The Balaban J connectivity index is 2.69. The molecule has 2 atom stereocenters. The van der Waals surface area contributed by atoms with E-state index < -0.39 is 23.6 Å². The molecule has 1 unspecified atom stereocenters. The first-order valence-corrected chi connectivity index (χ1v) is 9.28. The molecule has 7 heteroatoms. The van der Waals surface area contributed by atoms with Gasteiger partial charge in [0.05, 0.1) is 17.8 Å². The van der Waals surface area contributed by atoms with E-state index in [0.29, 0.717) is 16.8 Å². The molecule has 0 N–H and O–H groups in total. The molecular weight excluding hydrogens is 317 g/mol. The fourth-order valence-electron chi connectivity index (χ4n) is 3.15. The molecule has 1 aromatic rings. The van der Waals surface area contributed by atoms with Crippen LogP contribution < -0.4 is 14.8 Å². The number of rotatable bonds is 4. The van der Waals surface area contributed by atoms with Crippen molar-refractivity contribution < 1.29 is 19.0 Å². The van der Waals surface area contributed by atoms with Crippen LogP contribution in [0.25, 0.3) is 0 Å². The molecule has 0 aromatic heterocycles. The molecule has 0 radical (unpaired) electrons. The Hall–Kier alpha value is -1.55. The van der Waals surface area contributed by atoms with Crippen molar-refractivity contribution in [1.29, 1.82) is 0 Å². The third-order valence-corrected chi connectivity index (χ3v) is 8.85. The first-order valence-electron chi connectivity index (χ1n) is 7.51. The molecule has 1 heterocycles. The van der Waals surface area contributed by atoms with Crippen molar-refractivity contribution in [3.05, 3.63) is 28.3 Å². The summed E-state index contributed by atoms with van der Waals surface area (Å²) in [5.74, 6) is 0.260. The van der Waals surface area contributed by atoms with Gasteiger partial charge in [-0.15, -0.1) is 0 Å². The maximum absolute atomic E-state index is 14.2. The number of methoxy groups -OCH3 is 1. The average Bonchev–Trinajstić information content (AvgIpc) is 2.72. The molecule has 0 saturated heterocycles. The zero-order valence-corrected chi connectivity index (χ0v) is 15.3. The summed E-state index contributed by atoms with van der Waals surface area (Å²) >= 11 is 0. The van der Waals surface area contributed by atoms with Crippen molar-refractivity contribution >= 4 is 12.4 Å². The normalized spacial score (nSPS) is 24.0. The van der Waals surface area contributed by atoms with Gasteiger partial charge in [0.15, 0.2) is 13.0 Å². The Bertz CT molecular complexity index is 678. The number of nitro groups is 1. The fraction of sp³-hybridized carbons (Fsp3) is 0.625. The van der Waals surface area contributed by atoms with Gasteiger partial charge in [0.1, 0.15) is 11.5 Å². The second-order valence-electron chi connectivity index (χ2n) is 7.59. The summed E-state index contributed by atoms with van der Waals surface area (Å²) in [6.07, 6.45) is 0. The number of hydrogen-bond donors (Lipinski definition) is 0. The summed E-state index contributed by atoms with van der Waals surface area (Å²) in [5, 5.41) is 11.0. The third kappa shape index (κ3) is 2.74. The molecule has 6 nitrogen and oxygen atoms in total. The van der Waals surface area contributed by atoms with Gasteiger partial charge < -0.3 is 14.0 Å². The van der Waals surface area contributed by atoms with Gasteiger partial charge >= 0.3 is 0 Å². The minimum Gasteiger partial charge on any atom is -0.496 e. The van der Waals surface area contributed by atoms with E-state index >= 15 is 0 Å². The van der Waals surface area contributed by atoms with Crippen molar-refractivity contribution in [2.24, 2.45) is 5.41 Å². The van der Waals surface area contributed by atoms with Crippen LogP contribution in [0.4, 0.5) is 0 Å². The van der Waals surface area contributed by atoms with Crippen LogP contribution >= 0.6 is 7.14 Å². The zero-order chi connectivity index (χ0) is 17.6. The van der Waals surface area contributed by atoms with E-state index in [4.69, 9.17) is 9.47 Å². The van der Waals surface area contributed by atoms with E-state index in [9.17, 15) is 14.7 Å². The lowest BCUT2D eigenvalue weighted by molar-refractivity contribution is -0.497. The molecule has 0 spiro atoms. The van der Waals surface area contributed by atoms with Gasteiger partial charge in [-0.25, -0.2) is 0 Å². The summed E-state index contributed by atoms with van der Waals surface area (Å²) in [6, 6.07) is 5.27. The smallest absolute Gasteiger partial charge is 0.212 e. The van der Waals surface area contributed by atoms with Gasteiger partial charge in [-0.3, -0.25) is 10.1 Å². The van der Waals surface area contributed by atoms with Gasteiger partial charge in [-0.1, -0.05) is 26.8 Å². The highest BCUT2D eigenvalue weighted by atomic mass is 31.2. The standard InChI is InChI=1S/C16H24NO5P/c1-15(2,3)23(20)13-11(21-6)8-7-9-12(13)22-14(23)16(4,5)10-17(18)19/h7-9,14H,10H2,1-6H3/t14?,23-/m1/s1. The lowest BCUT2D eigenvalue weighted by Crippen LogP contribution is -2.42. The summed E-state index contributed by atoms with van der Waals surface area (Å²) < 4.78 is 25.6. The van der Waals surface area contributed by atoms with E-state index in [0.717, 1.165) is 0 Å². The lowest BCUT2D eigenvalue weighted by Gasteiger charge is -2.38. The summed E-state index contributed by atoms with van der Waals surface area (Å²) in [4.78, 5) is 10.7. The number of ether oxygens (including phenoxy) is 2. The van der Waals surface area contributed by atoms with E-state index in [-0.39, 0.29) is 11.5 Å². The molecule has 0 fully saturated rings. The summed E-state index contributed by atoms with van der Waals surface area (Å²) in [7, 11) is -1.61. The van der Waals surface area contributed by atoms with Crippen LogP contribution in [0.3, 0.4) is 0 Å². The minimum atomic E-state index is -3.14. The average molecular weight is 341 g/mol. The fourth-order valence-corrected chi connectivity index (χ4v) is 7.04. The van der Waals surface area contributed by atoms with Crippen LogP contribution in [0.5, 0.6) is 11.5 Å². The van der Waals surface area contributed by atoms with Crippen LogP contribution in [0.1, 0.15) is 34.6 Å². The molecular formula is C16H24NO5P. The van der Waals surface area contributed by atoms with Crippen LogP contribution in [0.15, 0.2) is 18.2 Å². The second-order valence-corrected chi connectivity index (χ2v) is 11.2. The number of hydrogen-bond acceptors (Lipinski definition) is 5. The van der Waals surface area contributed by atoms with Crippen LogP contribution in [0.2, 0.25) is 0 Å². The highest BCUT2D eigenvalue weighted by Gasteiger charge is 2.60. The van der Waals surface area contributed by atoms with Gasteiger partial charge in [-0.05, 0) is 26.0 Å². The highest BCUT2D eigenvalue weighted by molar-refractivity contribution is 7.74. The molecule has 0 aliphatic carbocycles. The van der Waals surface area contributed by atoms with E-state index in [1.165, 1.54) is 7.11 Å². The van der Waals surface area contributed by atoms with Crippen molar-refractivity contribution in [1.82, 2.24) is 0 Å². The molecule has 128 valence electrons. The summed E-state index contributed by atoms with van der Waals surface area (Å²) in [6.45, 7) is 8.80. The maximum atomic E-state index is 14.2. The molecule has 2 rings (SSSR count).